The first-order valence-corrected chi connectivity index (χ1v) is 8.73. The lowest BCUT2D eigenvalue weighted by Crippen LogP contribution is -2.45. The second-order valence-corrected chi connectivity index (χ2v) is 6.25. The lowest BCUT2D eigenvalue weighted by atomic mass is 10.1. The number of carbonyl (C=O) groups excluding carboxylic acids is 2. The Hall–Kier alpha value is -1.56. The van der Waals surface area contributed by atoms with Crippen LogP contribution in [0.5, 0.6) is 0 Å². The van der Waals surface area contributed by atoms with E-state index in [1.165, 1.54) is 24.6 Å². The van der Waals surface area contributed by atoms with Gasteiger partial charge in [-0.2, -0.15) is 0 Å². The number of pyridine rings is 1. The van der Waals surface area contributed by atoms with Gasteiger partial charge in [-0.25, -0.2) is 0 Å². The van der Waals surface area contributed by atoms with Crippen LogP contribution < -0.4 is 11.1 Å². The molecule has 1 unspecified atom stereocenters. The minimum absolute atomic E-state index is 0.167. The van der Waals surface area contributed by atoms with Crippen LogP contribution in [0, 0.1) is 0 Å². The molecular formula is C16H25N3O2S. The predicted molar refractivity (Wildman–Crippen MR) is 89.5 cm³/mol. The number of rotatable bonds is 11. The number of unbranched alkanes of at least 4 members (excludes halogenated alkanes) is 4. The molecule has 0 aliphatic heterocycles. The average molecular weight is 323 g/mol. The number of thioether (sulfide) groups is 1. The monoisotopic (exact) mass is 323 g/mol. The van der Waals surface area contributed by atoms with Crippen LogP contribution in [0.2, 0.25) is 0 Å². The zero-order valence-electron chi connectivity index (χ0n) is 13.1. The van der Waals surface area contributed by atoms with Crippen LogP contribution >= 0.6 is 11.8 Å². The van der Waals surface area contributed by atoms with Gasteiger partial charge in [-0.3, -0.25) is 14.6 Å². The first-order valence-electron chi connectivity index (χ1n) is 7.75. The van der Waals surface area contributed by atoms with Crippen molar-refractivity contribution in [2.45, 2.75) is 56.4 Å². The molecule has 0 aliphatic carbocycles. The van der Waals surface area contributed by atoms with Crippen LogP contribution in [0.1, 0.15) is 45.4 Å². The summed E-state index contributed by atoms with van der Waals surface area (Å²) in [5.74, 6) is -0.360. The van der Waals surface area contributed by atoms with Crippen LogP contribution in [0.3, 0.4) is 0 Å². The molecule has 2 amide bonds. The summed E-state index contributed by atoms with van der Waals surface area (Å²) in [6, 6.07) is 3.13. The van der Waals surface area contributed by atoms with Crippen LogP contribution in [-0.4, -0.2) is 28.6 Å². The summed E-state index contributed by atoms with van der Waals surface area (Å²) in [4.78, 5) is 28.2. The number of primary amides is 1. The fourth-order valence-electron chi connectivity index (χ4n) is 2.06. The Morgan fingerprint density at radius 1 is 1.23 bits per heavy atom. The van der Waals surface area contributed by atoms with Crippen molar-refractivity contribution in [1.29, 1.82) is 0 Å². The topological polar surface area (TPSA) is 85.1 Å². The Balaban J connectivity index is 2.29. The largest absolute Gasteiger partial charge is 0.368 e. The molecule has 1 atom stereocenters. The Labute approximate surface area is 136 Å². The van der Waals surface area contributed by atoms with E-state index in [2.05, 4.69) is 17.2 Å². The SMILES string of the molecule is CCCCCCCC(NC(=O)CSc1ccncc1)C(N)=O. The summed E-state index contributed by atoms with van der Waals surface area (Å²) in [5.41, 5.74) is 5.36. The molecule has 0 spiro atoms. The number of nitrogens with two attached hydrogens (primary N) is 1. The highest BCUT2D eigenvalue weighted by Crippen LogP contribution is 2.15. The van der Waals surface area contributed by atoms with Crippen molar-refractivity contribution in [3.05, 3.63) is 24.5 Å². The number of hydrogen-bond donors (Lipinski definition) is 2. The minimum atomic E-state index is -0.563. The number of carbonyl (C=O) groups is 2. The highest BCUT2D eigenvalue weighted by molar-refractivity contribution is 8.00. The van der Waals surface area contributed by atoms with Gasteiger partial charge in [0.15, 0.2) is 0 Å². The molecule has 3 N–H and O–H groups in total. The third-order valence-electron chi connectivity index (χ3n) is 3.29. The van der Waals surface area contributed by atoms with Gasteiger partial charge in [0.05, 0.1) is 5.75 Å². The summed E-state index contributed by atoms with van der Waals surface area (Å²) >= 11 is 1.41. The molecule has 0 aliphatic rings. The van der Waals surface area contributed by atoms with E-state index in [0.29, 0.717) is 6.42 Å². The zero-order chi connectivity index (χ0) is 16.2. The van der Waals surface area contributed by atoms with E-state index in [0.717, 1.165) is 24.2 Å². The van der Waals surface area contributed by atoms with Gasteiger partial charge < -0.3 is 11.1 Å². The third kappa shape index (κ3) is 8.02. The second-order valence-electron chi connectivity index (χ2n) is 5.20. The van der Waals surface area contributed by atoms with Gasteiger partial charge in [-0.05, 0) is 18.6 Å². The molecule has 5 nitrogen and oxygen atoms in total. The van der Waals surface area contributed by atoms with Crippen molar-refractivity contribution in [2.24, 2.45) is 5.73 Å². The lowest BCUT2D eigenvalue weighted by molar-refractivity contribution is -0.126. The molecule has 1 aromatic heterocycles. The number of aromatic nitrogens is 1. The molecule has 0 saturated heterocycles. The van der Waals surface area contributed by atoms with Crippen molar-refractivity contribution < 1.29 is 9.59 Å². The normalized spacial score (nSPS) is 11.9. The van der Waals surface area contributed by atoms with Crippen molar-refractivity contribution in [3.63, 3.8) is 0 Å². The fraction of sp³-hybridized carbons (Fsp3) is 0.562. The molecule has 1 aromatic rings. The van der Waals surface area contributed by atoms with Gasteiger partial charge in [-0.1, -0.05) is 39.0 Å². The Kier molecular flexibility index (Phi) is 9.30. The van der Waals surface area contributed by atoms with Crippen LogP contribution in [0.25, 0.3) is 0 Å². The highest BCUT2D eigenvalue weighted by atomic mass is 32.2. The predicted octanol–water partition coefficient (Wildman–Crippen LogP) is 2.50. The quantitative estimate of drug-likeness (QED) is 0.484. The van der Waals surface area contributed by atoms with Crippen molar-refractivity contribution in [2.75, 3.05) is 5.75 Å². The van der Waals surface area contributed by atoms with Crippen LogP contribution in [-0.2, 0) is 9.59 Å². The zero-order valence-corrected chi connectivity index (χ0v) is 13.9. The fourth-order valence-corrected chi connectivity index (χ4v) is 2.75. The number of nitrogens with one attached hydrogen (secondary N) is 1. The van der Waals surface area contributed by atoms with Gasteiger partial charge in [0, 0.05) is 17.3 Å². The van der Waals surface area contributed by atoms with E-state index in [4.69, 9.17) is 5.73 Å². The molecule has 1 heterocycles. The number of amides is 2. The Morgan fingerprint density at radius 2 is 1.91 bits per heavy atom. The Bertz CT molecular complexity index is 454. The summed E-state index contributed by atoms with van der Waals surface area (Å²) in [6.45, 7) is 2.16. The van der Waals surface area contributed by atoms with Gasteiger partial charge in [-0.15, -0.1) is 11.8 Å². The van der Waals surface area contributed by atoms with Gasteiger partial charge >= 0.3 is 0 Å². The van der Waals surface area contributed by atoms with Crippen LogP contribution in [0.4, 0.5) is 0 Å². The van der Waals surface area contributed by atoms with Crippen molar-refractivity contribution in [1.82, 2.24) is 10.3 Å². The van der Waals surface area contributed by atoms with Gasteiger partial charge in [0.1, 0.15) is 6.04 Å². The minimum Gasteiger partial charge on any atom is -0.368 e. The van der Waals surface area contributed by atoms with Crippen molar-refractivity contribution >= 4 is 23.6 Å². The highest BCUT2D eigenvalue weighted by Gasteiger charge is 2.17. The average Bonchev–Trinajstić information content (AvgIpc) is 2.52. The van der Waals surface area contributed by atoms with E-state index >= 15 is 0 Å². The van der Waals surface area contributed by atoms with E-state index in [-0.39, 0.29) is 11.7 Å². The van der Waals surface area contributed by atoms with Gasteiger partial charge in [0.25, 0.3) is 0 Å². The molecule has 22 heavy (non-hydrogen) atoms. The van der Waals surface area contributed by atoms with E-state index < -0.39 is 11.9 Å². The molecule has 0 saturated carbocycles. The van der Waals surface area contributed by atoms with E-state index in [1.807, 2.05) is 12.1 Å². The molecule has 0 bridgehead atoms. The molecule has 122 valence electrons. The smallest absolute Gasteiger partial charge is 0.239 e. The maximum atomic E-state index is 11.9. The lowest BCUT2D eigenvalue weighted by Gasteiger charge is -2.15. The molecule has 1 rings (SSSR count). The number of hydrogen-bond acceptors (Lipinski definition) is 4. The summed E-state index contributed by atoms with van der Waals surface area (Å²) in [7, 11) is 0. The van der Waals surface area contributed by atoms with Crippen molar-refractivity contribution in [3.8, 4) is 0 Å². The molecule has 0 radical (unpaired) electrons. The Morgan fingerprint density at radius 3 is 2.55 bits per heavy atom. The summed E-state index contributed by atoms with van der Waals surface area (Å²) in [6.07, 6.45) is 9.51. The standard InChI is InChI=1S/C16H25N3O2S/c1-2-3-4-5-6-7-14(16(17)21)19-15(20)12-22-13-8-10-18-11-9-13/h8-11,14H,2-7,12H2,1H3,(H2,17,21)(H,19,20). The first-order chi connectivity index (χ1) is 10.6. The van der Waals surface area contributed by atoms with Gasteiger partial charge in [0.2, 0.25) is 11.8 Å². The second kappa shape index (κ2) is 11.1. The molecule has 6 heteroatoms. The number of nitrogens with zero attached hydrogens (tertiary/aromatic N) is 1. The maximum Gasteiger partial charge on any atom is 0.239 e. The van der Waals surface area contributed by atoms with E-state index in [9.17, 15) is 9.59 Å². The molecular weight excluding hydrogens is 298 g/mol. The van der Waals surface area contributed by atoms with E-state index in [1.54, 1.807) is 12.4 Å². The molecule has 0 fully saturated rings. The summed E-state index contributed by atoms with van der Waals surface area (Å²) < 4.78 is 0. The first kappa shape index (κ1) is 18.5. The maximum absolute atomic E-state index is 11.9. The van der Waals surface area contributed by atoms with Crippen LogP contribution in [0.15, 0.2) is 29.4 Å². The third-order valence-corrected chi connectivity index (χ3v) is 4.31. The molecule has 0 aromatic carbocycles. The summed E-state index contributed by atoms with van der Waals surface area (Å²) in [5, 5.41) is 2.73.